The zero-order valence-corrected chi connectivity index (χ0v) is 13.0. The molecule has 3 atom stereocenters. The van der Waals surface area contributed by atoms with Gasteiger partial charge in [0.05, 0.1) is 0 Å². The zero-order chi connectivity index (χ0) is 13.7. The second-order valence-corrected chi connectivity index (χ2v) is 7.37. The minimum atomic E-state index is 0.696. The highest BCUT2D eigenvalue weighted by atomic mass is 32.2. The molecular formula is C17H22N2S. The van der Waals surface area contributed by atoms with Crippen LogP contribution in [0.4, 0.5) is 0 Å². The van der Waals surface area contributed by atoms with Crippen molar-refractivity contribution in [1.82, 2.24) is 9.88 Å². The lowest BCUT2D eigenvalue weighted by atomic mass is 9.73. The van der Waals surface area contributed by atoms with Crippen molar-refractivity contribution >= 4 is 22.7 Å². The molecule has 2 aromatic rings. The SMILES string of the molecule is CSC[C@@H]1CC2c3cccc4[nH]cc(c34)C[C@H]2N(C)C1. The van der Waals surface area contributed by atoms with E-state index >= 15 is 0 Å². The Labute approximate surface area is 124 Å². The summed E-state index contributed by atoms with van der Waals surface area (Å²) in [5.74, 6) is 2.86. The van der Waals surface area contributed by atoms with Gasteiger partial charge in [-0.1, -0.05) is 12.1 Å². The van der Waals surface area contributed by atoms with Gasteiger partial charge in [0.2, 0.25) is 0 Å². The van der Waals surface area contributed by atoms with Crippen LogP contribution in [0.1, 0.15) is 23.5 Å². The Bertz CT molecular complexity index is 633. The molecule has 1 saturated heterocycles. The molecule has 4 rings (SSSR count). The molecule has 0 radical (unpaired) electrons. The standard InChI is InChI=1S/C17H22N2S/c1-19-9-11(10-20-2)6-14-13-4-3-5-15-17(13)12(8-18-15)7-16(14)19/h3-5,8,11,14,16,18H,6-7,9-10H2,1-2H3/t11-,14?,16-/m1/s1. The number of fused-ring (bicyclic) bond motifs is 2. The number of hydrogen-bond donors (Lipinski definition) is 1. The van der Waals surface area contributed by atoms with Crippen LogP contribution in [-0.4, -0.2) is 41.5 Å². The first kappa shape index (κ1) is 12.8. The molecule has 2 nitrogen and oxygen atoms in total. The molecule has 0 bridgehead atoms. The third-order valence-electron chi connectivity index (χ3n) is 5.21. The highest BCUT2D eigenvalue weighted by molar-refractivity contribution is 7.98. The normalized spacial score (nSPS) is 29.6. The molecule has 1 aliphatic heterocycles. The number of piperidine rings is 1. The van der Waals surface area contributed by atoms with Crippen LogP contribution in [0.25, 0.3) is 10.9 Å². The van der Waals surface area contributed by atoms with Crippen LogP contribution in [0.5, 0.6) is 0 Å². The number of H-pyrrole nitrogens is 1. The number of aromatic nitrogens is 1. The lowest BCUT2D eigenvalue weighted by Crippen LogP contribution is -2.48. The second-order valence-electron chi connectivity index (χ2n) is 6.46. The van der Waals surface area contributed by atoms with E-state index in [1.807, 2.05) is 11.8 Å². The number of nitrogens with zero attached hydrogens (tertiary/aromatic N) is 1. The van der Waals surface area contributed by atoms with Crippen LogP contribution in [0.2, 0.25) is 0 Å². The Morgan fingerprint density at radius 2 is 2.30 bits per heavy atom. The molecule has 1 aromatic heterocycles. The van der Waals surface area contributed by atoms with Gasteiger partial charge in [-0.3, -0.25) is 0 Å². The van der Waals surface area contributed by atoms with Crippen molar-refractivity contribution in [2.45, 2.75) is 24.8 Å². The molecule has 2 aliphatic rings. The van der Waals surface area contributed by atoms with E-state index in [4.69, 9.17) is 0 Å². The van der Waals surface area contributed by atoms with E-state index in [1.165, 1.54) is 41.6 Å². The van der Waals surface area contributed by atoms with E-state index < -0.39 is 0 Å². The van der Waals surface area contributed by atoms with Gasteiger partial charge < -0.3 is 9.88 Å². The van der Waals surface area contributed by atoms with Crippen molar-refractivity contribution in [2.24, 2.45) is 5.92 Å². The number of benzene rings is 1. The fourth-order valence-electron chi connectivity index (χ4n) is 4.41. The number of aromatic amines is 1. The molecule has 0 saturated carbocycles. The maximum atomic E-state index is 3.46. The average Bonchev–Trinajstić information content (AvgIpc) is 2.86. The summed E-state index contributed by atoms with van der Waals surface area (Å²) >= 11 is 2.00. The van der Waals surface area contributed by atoms with Gasteiger partial charge in [0.1, 0.15) is 0 Å². The van der Waals surface area contributed by atoms with Crippen LogP contribution in [0.3, 0.4) is 0 Å². The first-order chi connectivity index (χ1) is 9.78. The molecular weight excluding hydrogens is 264 g/mol. The molecule has 1 aromatic carbocycles. The molecule has 1 N–H and O–H groups in total. The third kappa shape index (κ3) is 1.83. The van der Waals surface area contributed by atoms with E-state index in [1.54, 1.807) is 5.56 Å². The van der Waals surface area contributed by atoms with Crippen molar-refractivity contribution in [2.75, 3.05) is 25.6 Å². The van der Waals surface area contributed by atoms with E-state index in [0.717, 1.165) is 11.8 Å². The summed E-state index contributed by atoms with van der Waals surface area (Å²) in [5.41, 5.74) is 4.44. The third-order valence-corrected chi connectivity index (χ3v) is 6.02. The monoisotopic (exact) mass is 286 g/mol. The minimum absolute atomic E-state index is 0.696. The molecule has 2 heterocycles. The highest BCUT2D eigenvalue weighted by Crippen LogP contribution is 2.44. The lowest BCUT2D eigenvalue weighted by molar-refractivity contribution is 0.121. The van der Waals surface area contributed by atoms with Gasteiger partial charge in [0, 0.05) is 35.6 Å². The number of nitrogens with one attached hydrogen (secondary N) is 1. The zero-order valence-electron chi connectivity index (χ0n) is 12.2. The fraction of sp³-hybridized carbons (Fsp3) is 0.529. The Morgan fingerprint density at radius 3 is 3.15 bits per heavy atom. The van der Waals surface area contributed by atoms with Gasteiger partial charge in [-0.25, -0.2) is 0 Å². The van der Waals surface area contributed by atoms with Crippen LogP contribution < -0.4 is 0 Å². The van der Waals surface area contributed by atoms with Gasteiger partial charge in [0.15, 0.2) is 0 Å². The number of likely N-dealkylation sites (tertiary alicyclic amines) is 1. The van der Waals surface area contributed by atoms with Crippen LogP contribution in [-0.2, 0) is 6.42 Å². The predicted molar refractivity (Wildman–Crippen MR) is 87.7 cm³/mol. The highest BCUT2D eigenvalue weighted by Gasteiger charge is 2.38. The maximum absolute atomic E-state index is 3.46. The molecule has 0 amide bonds. The first-order valence-corrected chi connectivity index (χ1v) is 8.95. The van der Waals surface area contributed by atoms with E-state index in [9.17, 15) is 0 Å². The van der Waals surface area contributed by atoms with Gasteiger partial charge in [0.25, 0.3) is 0 Å². The Kier molecular flexibility index (Phi) is 3.08. The average molecular weight is 286 g/mol. The number of hydrogen-bond acceptors (Lipinski definition) is 2. The van der Waals surface area contributed by atoms with Gasteiger partial charge in [-0.15, -0.1) is 0 Å². The van der Waals surface area contributed by atoms with Crippen molar-refractivity contribution in [3.63, 3.8) is 0 Å². The molecule has 20 heavy (non-hydrogen) atoms. The van der Waals surface area contributed by atoms with Crippen molar-refractivity contribution in [3.8, 4) is 0 Å². The van der Waals surface area contributed by atoms with Crippen molar-refractivity contribution < 1.29 is 0 Å². The summed E-state index contributed by atoms with van der Waals surface area (Å²) in [7, 11) is 2.32. The summed E-state index contributed by atoms with van der Waals surface area (Å²) in [4.78, 5) is 6.07. The van der Waals surface area contributed by atoms with Crippen LogP contribution in [0.15, 0.2) is 24.4 Å². The van der Waals surface area contributed by atoms with Crippen LogP contribution in [0, 0.1) is 5.92 Å². The summed E-state index contributed by atoms with van der Waals surface area (Å²) in [6.07, 6.45) is 7.04. The quantitative estimate of drug-likeness (QED) is 0.911. The van der Waals surface area contributed by atoms with Gasteiger partial charge in [-0.2, -0.15) is 11.8 Å². The fourth-order valence-corrected chi connectivity index (χ4v) is 5.12. The number of thioether (sulfide) groups is 1. The largest absolute Gasteiger partial charge is 0.361 e. The summed E-state index contributed by atoms with van der Waals surface area (Å²) in [6.45, 7) is 1.26. The van der Waals surface area contributed by atoms with Gasteiger partial charge in [-0.05, 0) is 55.0 Å². The Balaban J connectivity index is 1.79. The lowest BCUT2D eigenvalue weighted by Gasteiger charge is -2.45. The molecule has 1 unspecified atom stereocenters. The first-order valence-electron chi connectivity index (χ1n) is 7.56. The summed E-state index contributed by atoms with van der Waals surface area (Å²) < 4.78 is 0. The van der Waals surface area contributed by atoms with Crippen LogP contribution >= 0.6 is 11.8 Å². The second kappa shape index (κ2) is 4.81. The molecule has 106 valence electrons. The number of likely N-dealkylation sites (N-methyl/N-ethyl adjacent to an activating group) is 1. The topological polar surface area (TPSA) is 19.0 Å². The Morgan fingerprint density at radius 1 is 1.40 bits per heavy atom. The number of rotatable bonds is 2. The molecule has 3 heteroatoms. The van der Waals surface area contributed by atoms with E-state index in [-0.39, 0.29) is 0 Å². The van der Waals surface area contributed by atoms with Gasteiger partial charge >= 0.3 is 0 Å². The van der Waals surface area contributed by atoms with Crippen molar-refractivity contribution in [1.29, 1.82) is 0 Å². The summed E-state index contributed by atoms with van der Waals surface area (Å²) in [6, 6.07) is 7.50. The predicted octanol–water partition coefficient (Wildman–Crippen LogP) is 3.49. The summed E-state index contributed by atoms with van der Waals surface area (Å²) in [5, 5.41) is 1.52. The van der Waals surface area contributed by atoms with E-state index in [2.05, 4.69) is 47.6 Å². The van der Waals surface area contributed by atoms with E-state index in [0.29, 0.717) is 6.04 Å². The smallest absolute Gasteiger partial charge is 0.0459 e. The Hall–Kier alpha value is -0.930. The molecule has 0 spiro atoms. The van der Waals surface area contributed by atoms with Crippen molar-refractivity contribution in [3.05, 3.63) is 35.5 Å². The molecule has 1 fully saturated rings. The minimum Gasteiger partial charge on any atom is -0.361 e. The maximum Gasteiger partial charge on any atom is 0.0459 e. The molecule has 1 aliphatic carbocycles.